The van der Waals surface area contributed by atoms with Crippen LogP contribution in [0, 0.1) is 0 Å². The van der Waals surface area contributed by atoms with Crippen molar-refractivity contribution in [3.05, 3.63) is 89.2 Å². The summed E-state index contributed by atoms with van der Waals surface area (Å²) in [7, 11) is 0. The number of rotatable bonds is 5. The topological polar surface area (TPSA) is 88.4 Å². The molecular formula is C22H18N2O4. The molecule has 2 N–H and O–H groups in total. The van der Waals surface area contributed by atoms with E-state index in [9.17, 15) is 19.5 Å². The van der Waals surface area contributed by atoms with Crippen LogP contribution in [-0.4, -0.2) is 27.3 Å². The van der Waals surface area contributed by atoms with Gasteiger partial charge < -0.3 is 15.0 Å². The van der Waals surface area contributed by atoms with Crippen molar-refractivity contribution in [3.8, 4) is 0 Å². The molecule has 0 saturated heterocycles. The number of carbonyl (C=O) groups excluding carboxylic acids is 2. The second-order valence-corrected chi connectivity index (χ2v) is 6.70. The Balaban J connectivity index is 1.57. The third-order valence-electron chi connectivity index (χ3n) is 4.96. The molecule has 6 nitrogen and oxygen atoms in total. The molecule has 1 aliphatic rings. The van der Waals surface area contributed by atoms with Crippen LogP contribution in [0.4, 0.5) is 5.69 Å². The van der Waals surface area contributed by atoms with E-state index in [0.717, 1.165) is 0 Å². The highest BCUT2D eigenvalue weighted by molar-refractivity contribution is 6.10. The van der Waals surface area contributed by atoms with Gasteiger partial charge in [0.15, 0.2) is 0 Å². The second-order valence-electron chi connectivity index (χ2n) is 6.70. The van der Waals surface area contributed by atoms with Crippen LogP contribution in [0.15, 0.2) is 66.7 Å². The van der Waals surface area contributed by atoms with Crippen molar-refractivity contribution in [2.24, 2.45) is 0 Å². The number of anilines is 1. The lowest BCUT2D eigenvalue weighted by molar-refractivity contribution is -0.138. The molecule has 4 rings (SSSR count). The zero-order valence-corrected chi connectivity index (χ0v) is 15.0. The lowest BCUT2D eigenvalue weighted by atomic mass is 10.1. The van der Waals surface area contributed by atoms with Gasteiger partial charge in [0, 0.05) is 29.1 Å². The first-order chi connectivity index (χ1) is 13.5. The maximum atomic E-state index is 13.0. The summed E-state index contributed by atoms with van der Waals surface area (Å²) in [6.07, 6.45) is 0.485. The summed E-state index contributed by atoms with van der Waals surface area (Å²) in [4.78, 5) is 36.6. The quantitative estimate of drug-likeness (QED) is 0.669. The number of amides is 1. The van der Waals surface area contributed by atoms with E-state index >= 15 is 0 Å². The van der Waals surface area contributed by atoms with Gasteiger partial charge in [-0.3, -0.25) is 14.4 Å². The van der Waals surface area contributed by atoms with E-state index in [1.54, 1.807) is 65.2 Å². The van der Waals surface area contributed by atoms with Crippen molar-refractivity contribution in [1.82, 2.24) is 4.57 Å². The number of fused-ring (bicyclic) bond motifs is 1. The van der Waals surface area contributed by atoms with Crippen LogP contribution >= 0.6 is 0 Å². The maximum Gasteiger partial charge on any atom is 0.312 e. The number of nitrogens with zero attached hydrogens (tertiary/aromatic N) is 1. The molecule has 0 bridgehead atoms. The highest BCUT2D eigenvalue weighted by Gasteiger charge is 2.31. The number of benzene rings is 2. The third kappa shape index (κ3) is 3.20. The van der Waals surface area contributed by atoms with Crippen molar-refractivity contribution >= 4 is 23.3 Å². The summed E-state index contributed by atoms with van der Waals surface area (Å²) >= 11 is 0. The molecule has 1 aromatic heterocycles. The normalized spacial score (nSPS) is 15.1. The Hall–Kier alpha value is -3.67. The molecule has 28 heavy (non-hydrogen) atoms. The molecule has 0 spiro atoms. The average molecular weight is 374 g/mol. The van der Waals surface area contributed by atoms with Crippen LogP contribution in [0.3, 0.4) is 0 Å². The number of carbonyl (C=O) groups is 3. The Labute approximate surface area is 161 Å². The monoisotopic (exact) mass is 374 g/mol. The Morgan fingerprint density at radius 1 is 0.929 bits per heavy atom. The summed E-state index contributed by atoms with van der Waals surface area (Å²) in [5, 5.41) is 12.1. The van der Waals surface area contributed by atoms with Crippen LogP contribution in [0.5, 0.6) is 0 Å². The van der Waals surface area contributed by atoms with E-state index in [2.05, 4.69) is 5.32 Å². The molecular weight excluding hydrogens is 356 g/mol. The summed E-state index contributed by atoms with van der Waals surface area (Å²) in [6.45, 7) is 0.505. The smallest absolute Gasteiger partial charge is 0.312 e. The first-order valence-electron chi connectivity index (χ1n) is 8.98. The Kier molecular flexibility index (Phi) is 4.53. The molecule has 1 unspecified atom stereocenters. The predicted molar refractivity (Wildman–Crippen MR) is 104 cm³/mol. The van der Waals surface area contributed by atoms with Gasteiger partial charge in [0.05, 0.1) is 11.6 Å². The molecule has 1 amide bonds. The van der Waals surface area contributed by atoms with Gasteiger partial charge in [-0.15, -0.1) is 0 Å². The van der Waals surface area contributed by atoms with Crippen LogP contribution < -0.4 is 5.32 Å². The van der Waals surface area contributed by atoms with Crippen molar-refractivity contribution in [2.45, 2.75) is 18.9 Å². The van der Waals surface area contributed by atoms with Gasteiger partial charge in [-0.1, -0.05) is 30.3 Å². The van der Waals surface area contributed by atoms with Crippen molar-refractivity contribution < 1.29 is 19.5 Å². The van der Waals surface area contributed by atoms with Gasteiger partial charge in [0.25, 0.3) is 5.91 Å². The van der Waals surface area contributed by atoms with Crippen LogP contribution in [-0.2, 0) is 11.3 Å². The largest absolute Gasteiger partial charge is 0.481 e. The first-order valence-corrected chi connectivity index (χ1v) is 8.98. The zero-order chi connectivity index (χ0) is 19.7. The van der Waals surface area contributed by atoms with E-state index in [1.807, 2.05) is 6.07 Å². The molecule has 1 atom stereocenters. The minimum atomic E-state index is -0.874. The van der Waals surface area contributed by atoms with Gasteiger partial charge in [0.1, 0.15) is 0 Å². The molecule has 1 aliphatic heterocycles. The van der Waals surface area contributed by atoms with Gasteiger partial charge in [0.2, 0.25) is 5.78 Å². The van der Waals surface area contributed by atoms with Gasteiger partial charge in [-0.25, -0.2) is 0 Å². The number of hydrogen-bond acceptors (Lipinski definition) is 3. The highest BCUT2D eigenvalue weighted by atomic mass is 16.4. The Bertz CT molecular complexity index is 1070. The van der Waals surface area contributed by atoms with Crippen molar-refractivity contribution in [1.29, 1.82) is 0 Å². The highest BCUT2D eigenvalue weighted by Crippen LogP contribution is 2.31. The number of carboxylic acids is 1. The lowest BCUT2D eigenvalue weighted by Gasteiger charge is -2.09. The van der Waals surface area contributed by atoms with Crippen molar-refractivity contribution in [3.63, 3.8) is 0 Å². The van der Waals surface area contributed by atoms with E-state index in [0.29, 0.717) is 41.2 Å². The van der Waals surface area contributed by atoms with Crippen molar-refractivity contribution in [2.75, 3.05) is 5.32 Å². The fraction of sp³-hybridized carbons (Fsp3) is 0.136. The fourth-order valence-electron chi connectivity index (χ4n) is 3.57. The maximum absolute atomic E-state index is 13.0. The molecule has 2 aromatic carbocycles. The molecule has 3 aromatic rings. The summed E-state index contributed by atoms with van der Waals surface area (Å²) < 4.78 is 1.77. The fourth-order valence-corrected chi connectivity index (χ4v) is 3.57. The molecule has 140 valence electrons. The summed E-state index contributed by atoms with van der Waals surface area (Å²) in [5.74, 6) is -1.90. The summed E-state index contributed by atoms with van der Waals surface area (Å²) in [5.41, 5.74) is 2.61. The minimum Gasteiger partial charge on any atom is -0.481 e. The lowest BCUT2D eigenvalue weighted by Crippen LogP contribution is -2.13. The Morgan fingerprint density at radius 3 is 2.43 bits per heavy atom. The summed E-state index contributed by atoms with van der Waals surface area (Å²) in [6, 6.07) is 19.0. The first kappa shape index (κ1) is 17.7. The number of ketones is 1. The van der Waals surface area contributed by atoms with Gasteiger partial charge in [-0.05, 0) is 42.8 Å². The van der Waals surface area contributed by atoms with Crippen LogP contribution in [0.25, 0.3) is 0 Å². The molecule has 2 heterocycles. The van der Waals surface area contributed by atoms with Crippen LogP contribution in [0.2, 0.25) is 0 Å². The van der Waals surface area contributed by atoms with Gasteiger partial charge in [-0.2, -0.15) is 0 Å². The van der Waals surface area contributed by atoms with E-state index < -0.39 is 11.9 Å². The number of carboxylic acid groups (broad SMARTS) is 1. The molecule has 0 fully saturated rings. The second kappa shape index (κ2) is 7.15. The number of hydrogen-bond donors (Lipinski definition) is 2. The van der Waals surface area contributed by atoms with E-state index in [-0.39, 0.29) is 11.7 Å². The number of nitrogens with one attached hydrogen (secondary N) is 1. The number of aliphatic carboxylic acids is 1. The SMILES string of the molecule is O=C(Nc1cccc(C(=O)c2ccc3n2CCC3C(=O)O)c1)c1ccccc1. The van der Waals surface area contributed by atoms with Crippen LogP contribution in [0.1, 0.15) is 44.4 Å². The standard InChI is InChI=1S/C22H18N2O4/c25-20(19-10-9-18-17(22(27)28)11-12-24(18)19)15-7-4-8-16(13-15)23-21(26)14-5-2-1-3-6-14/h1-10,13,17H,11-12H2,(H,23,26)(H,27,28). The van der Waals surface area contributed by atoms with E-state index in [1.165, 1.54) is 0 Å². The third-order valence-corrected chi connectivity index (χ3v) is 4.96. The van der Waals surface area contributed by atoms with Gasteiger partial charge >= 0.3 is 5.97 Å². The molecule has 6 heteroatoms. The minimum absolute atomic E-state index is 0.201. The molecule has 0 aliphatic carbocycles. The average Bonchev–Trinajstić information content (AvgIpc) is 3.30. The zero-order valence-electron chi connectivity index (χ0n) is 15.0. The molecule has 0 saturated carbocycles. The predicted octanol–water partition coefficient (Wildman–Crippen LogP) is 3.54. The Morgan fingerprint density at radius 2 is 1.68 bits per heavy atom. The molecule has 0 radical (unpaired) electrons. The number of aromatic nitrogens is 1. The van der Waals surface area contributed by atoms with E-state index in [4.69, 9.17) is 0 Å².